The molecule has 1 saturated heterocycles. The highest BCUT2D eigenvalue weighted by Gasteiger charge is 2.46. The second-order valence-corrected chi connectivity index (χ2v) is 6.10. The van der Waals surface area contributed by atoms with E-state index in [0.29, 0.717) is 12.6 Å². The molecule has 0 aromatic carbocycles. The Bertz CT molecular complexity index is 278. The first-order valence-electron chi connectivity index (χ1n) is 5.82. The van der Waals surface area contributed by atoms with Crippen molar-refractivity contribution >= 4 is 12.4 Å². The average molecular weight is 260 g/mol. The van der Waals surface area contributed by atoms with E-state index < -0.39 is 0 Å². The summed E-state index contributed by atoms with van der Waals surface area (Å²) in [4.78, 5) is 2.18. The van der Waals surface area contributed by atoms with Crippen molar-refractivity contribution in [3.63, 3.8) is 0 Å². The van der Waals surface area contributed by atoms with Crippen LogP contribution in [0.15, 0.2) is 0 Å². The number of rotatable bonds is 2. The molecule has 1 rings (SSSR count). The van der Waals surface area contributed by atoms with E-state index in [0.717, 1.165) is 12.8 Å². The van der Waals surface area contributed by atoms with Gasteiger partial charge in [0.25, 0.3) is 0 Å². The van der Waals surface area contributed by atoms with E-state index in [-0.39, 0.29) is 23.5 Å². The first kappa shape index (κ1) is 16.7. The fourth-order valence-corrected chi connectivity index (χ4v) is 2.80. The van der Waals surface area contributed by atoms with Crippen LogP contribution in [0.1, 0.15) is 40.5 Å². The summed E-state index contributed by atoms with van der Waals surface area (Å²) in [6, 6.07) is 0.395. The molecule has 0 amide bonds. The maximum absolute atomic E-state index is 12.2. The van der Waals surface area contributed by atoms with Crippen molar-refractivity contribution in [1.82, 2.24) is 9.96 Å². The predicted octanol–water partition coefficient (Wildman–Crippen LogP) is 2.34. The molecule has 0 unspecified atom stereocenters. The van der Waals surface area contributed by atoms with Crippen LogP contribution in [-0.2, 0) is 5.21 Å². The Hall–Kier alpha value is -0.270. The molecule has 0 spiro atoms. The summed E-state index contributed by atoms with van der Waals surface area (Å²) in [5.74, 6) is 2.66. The second kappa shape index (κ2) is 5.58. The van der Waals surface area contributed by atoms with Crippen LogP contribution in [0, 0.1) is 12.3 Å². The number of nitrogens with zero attached hydrogens (tertiary/aromatic N) is 2. The van der Waals surface area contributed by atoms with Crippen LogP contribution < -0.4 is 0 Å². The lowest BCUT2D eigenvalue weighted by atomic mass is 9.78. The predicted molar refractivity (Wildman–Crippen MR) is 72.4 cm³/mol. The summed E-state index contributed by atoms with van der Waals surface area (Å²) in [5, 5.41) is 13.4. The standard InChI is InChI=1S/C13H23N2O.ClH/c1-7-8-14(6)11-9-12(2,3)15(16)13(4,5)10-11;/h1,11H,8-10H2,2-6H3;1H. The number of hydroxylamine groups is 2. The molecule has 0 atom stereocenters. The van der Waals surface area contributed by atoms with Crippen molar-refractivity contribution < 1.29 is 5.21 Å². The van der Waals surface area contributed by atoms with Gasteiger partial charge in [0.05, 0.1) is 6.54 Å². The molecule has 0 N–H and O–H groups in total. The van der Waals surface area contributed by atoms with E-state index >= 15 is 0 Å². The van der Waals surface area contributed by atoms with Crippen LogP contribution >= 0.6 is 12.4 Å². The highest BCUT2D eigenvalue weighted by atomic mass is 35.5. The van der Waals surface area contributed by atoms with Crippen LogP contribution in [0.4, 0.5) is 0 Å². The lowest BCUT2D eigenvalue weighted by Crippen LogP contribution is -2.62. The lowest BCUT2D eigenvalue weighted by molar-refractivity contribution is -0.293. The van der Waals surface area contributed by atoms with Gasteiger partial charge in [-0.1, -0.05) is 5.92 Å². The van der Waals surface area contributed by atoms with Gasteiger partial charge in [-0.05, 0) is 47.6 Å². The Morgan fingerprint density at radius 1 is 1.29 bits per heavy atom. The van der Waals surface area contributed by atoms with Crippen LogP contribution in [0.3, 0.4) is 0 Å². The molecule has 3 nitrogen and oxygen atoms in total. The van der Waals surface area contributed by atoms with Gasteiger partial charge in [0, 0.05) is 17.1 Å². The SMILES string of the molecule is C#CCN(C)C1CC(C)(C)N([O])C(C)(C)C1.Cl. The smallest absolute Gasteiger partial charge is 0.0598 e. The highest BCUT2D eigenvalue weighted by Crippen LogP contribution is 2.38. The Balaban J connectivity index is 0.00000256. The molecular weight excluding hydrogens is 236 g/mol. The molecule has 1 radical (unpaired) electrons. The van der Waals surface area contributed by atoms with E-state index in [1.54, 1.807) is 0 Å². The normalized spacial score (nSPS) is 24.1. The van der Waals surface area contributed by atoms with Gasteiger partial charge in [0.15, 0.2) is 0 Å². The third-order valence-corrected chi connectivity index (χ3v) is 3.53. The molecule has 0 aromatic heterocycles. The number of terminal acetylenes is 1. The minimum Gasteiger partial charge on any atom is -0.292 e. The van der Waals surface area contributed by atoms with Gasteiger partial charge >= 0.3 is 0 Å². The Morgan fingerprint density at radius 3 is 2.06 bits per heavy atom. The summed E-state index contributed by atoms with van der Waals surface area (Å²) in [6.07, 6.45) is 7.08. The average Bonchev–Trinajstić information content (AvgIpc) is 2.13. The zero-order valence-electron chi connectivity index (χ0n) is 11.5. The van der Waals surface area contributed by atoms with Gasteiger partial charge in [-0.15, -0.1) is 29.1 Å². The van der Waals surface area contributed by atoms with Gasteiger partial charge < -0.3 is 0 Å². The van der Waals surface area contributed by atoms with Crippen molar-refractivity contribution in [2.75, 3.05) is 13.6 Å². The number of hydrogen-bond donors (Lipinski definition) is 0. The zero-order valence-corrected chi connectivity index (χ0v) is 12.3. The van der Waals surface area contributed by atoms with Gasteiger partial charge in [-0.25, -0.2) is 0 Å². The van der Waals surface area contributed by atoms with Crippen LogP contribution in [0.2, 0.25) is 0 Å². The summed E-state index contributed by atoms with van der Waals surface area (Å²) >= 11 is 0. The molecule has 1 aliphatic rings. The van der Waals surface area contributed by atoms with Gasteiger partial charge in [-0.2, -0.15) is 0 Å². The molecule has 0 bridgehead atoms. The van der Waals surface area contributed by atoms with E-state index in [1.807, 2.05) is 34.7 Å². The topological polar surface area (TPSA) is 26.4 Å². The fourth-order valence-electron chi connectivity index (χ4n) is 2.80. The quantitative estimate of drug-likeness (QED) is 0.712. The third kappa shape index (κ3) is 3.59. The van der Waals surface area contributed by atoms with Crippen molar-refractivity contribution in [3.8, 4) is 12.3 Å². The third-order valence-electron chi connectivity index (χ3n) is 3.53. The van der Waals surface area contributed by atoms with Gasteiger partial charge in [0.1, 0.15) is 0 Å². The summed E-state index contributed by atoms with van der Waals surface area (Å²) < 4.78 is 0. The Labute approximate surface area is 112 Å². The summed E-state index contributed by atoms with van der Waals surface area (Å²) in [7, 11) is 2.04. The molecule has 1 fully saturated rings. The van der Waals surface area contributed by atoms with Crippen molar-refractivity contribution in [3.05, 3.63) is 0 Å². The molecule has 4 heteroatoms. The molecule has 0 aromatic rings. The number of piperidine rings is 1. The number of halogens is 1. The molecule has 1 aliphatic heterocycles. The molecule has 99 valence electrons. The first-order chi connectivity index (χ1) is 7.20. The van der Waals surface area contributed by atoms with E-state index in [1.165, 1.54) is 5.06 Å². The Kier molecular flexibility index (Phi) is 5.49. The van der Waals surface area contributed by atoms with Gasteiger partial charge in [0.2, 0.25) is 0 Å². The Morgan fingerprint density at radius 2 is 1.71 bits per heavy atom. The van der Waals surface area contributed by atoms with E-state index in [9.17, 15) is 5.21 Å². The molecule has 0 saturated carbocycles. The van der Waals surface area contributed by atoms with Crippen molar-refractivity contribution in [1.29, 1.82) is 0 Å². The summed E-state index contributed by atoms with van der Waals surface area (Å²) in [5.41, 5.74) is -0.620. The maximum atomic E-state index is 12.2. The zero-order chi connectivity index (χ0) is 12.6. The van der Waals surface area contributed by atoms with Gasteiger partial charge in [-0.3, -0.25) is 4.90 Å². The van der Waals surface area contributed by atoms with Crippen LogP contribution in [0.5, 0.6) is 0 Å². The van der Waals surface area contributed by atoms with Crippen molar-refractivity contribution in [2.24, 2.45) is 0 Å². The lowest BCUT2D eigenvalue weighted by Gasteiger charge is -2.51. The molecular formula is C13H24ClN2O. The van der Waals surface area contributed by atoms with Crippen molar-refractivity contribution in [2.45, 2.75) is 57.7 Å². The van der Waals surface area contributed by atoms with E-state index in [2.05, 4.69) is 10.8 Å². The largest absolute Gasteiger partial charge is 0.292 e. The number of hydrogen-bond acceptors (Lipinski definition) is 2. The van der Waals surface area contributed by atoms with Crippen LogP contribution in [-0.4, -0.2) is 40.7 Å². The minimum atomic E-state index is -0.310. The highest BCUT2D eigenvalue weighted by molar-refractivity contribution is 5.85. The monoisotopic (exact) mass is 259 g/mol. The fraction of sp³-hybridized carbons (Fsp3) is 0.846. The molecule has 1 heterocycles. The van der Waals surface area contributed by atoms with E-state index in [4.69, 9.17) is 6.42 Å². The molecule has 17 heavy (non-hydrogen) atoms. The first-order valence-corrected chi connectivity index (χ1v) is 5.82. The second-order valence-electron chi connectivity index (χ2n) is 6.10. The molecule has 0 aliphatic carbocycles. The van der Waals surface area contributed by atoms with Crippen LogP contribution in [0.25, 0.3) is 0 Å². The summed E-state index contributed by atoms with van der Waals surface area (Å²) in [6.45, 7) is 8.69. The minimum absolute atomic E-state index is 0. The maximum Gasteiger partial charge on any atom is 0.0598 e.